The van der Waals surface area contributed by atoms with Gasteiger partial charge in [0.1, 0.15) is 11.2 Å². The highest BCUT2D eigenvalue weighted by Crippen LogP contribution is 2.41. The molecule has 0 spiro atoms. The lowest BCUT2D eigenvalue weighted by Crippen LogP contribution is -2.09. The summed E-state index contributed by atoms with van der Waals surface area (Å²) in [7, 11) is 0. The van der Waals surface area contributed by atoms with E-state index in [9.17, 15) is 0 Å². The van der Waals surface area contributed by atoms with Gasteiger partial charge in [0.15, 0.2) is 0 Å². The minimum Gasteiger partial charge on any atom is -0.455 e. The number of benzene rings is 6. The van der Waals surface area contributed by atoms with Crippen LogP contribution in [0, 0.1) is 0 Å². The third-order valence-corrected chi connectivity index (χ3v) is 7.07. The Kier molecular flexibility index (Phi) is 5.49. The molecule has 38 heavy (non-hydrogen) atoms. The Bertz CT molecular complexity index is 1800. The van der Waals surface area contributed by atoms with Crippen LogP contribution in [-0.4, -0.2) is 0 Å². The Morgan fingerprint density at radius 3 is 1.26 bits per heavy atom. The second-order valence-corrected chi connectivity index (χ2v) is 9.39. The number of hydrogen-bond donors (Lipinski definition) is 0. The molecule has 0 N–H and O–H groups in total. The predicted molar refractivity (Wildman–Crippen MR) is 159 cm³/mol. The number of nitrogens with zero attached hydrogens (tertiary/aromatic N) is 1. The summed E-state index contributed by atoms with van der Waals surface area (Å²) >= 11 is 0. The summed E-state index contributed by atoms with van der Waals surface area (Å²) in [5.74, 6) is 0. The molecular weight excluding hydrogens is 462 g/mol. The summed E-state index contributed by atoms with van der Waals surface area (Å²) in [4.78, 5) is 2.28. The van der Waals surface area contributed by atoms with E-state index >= 15 is 0 Å². The summed E-state index contributed by atoms with van der Waals surface area (Å²) in [6.45, 7) is 0. The lowest BCUT2D eigenvalue weighted by molar-refractivity contribution is 0.671. The van der Waals surface area contributed by atoms with Gasteiger partial charge in [0.25, 0.3) is 0 Å². The minimum atomic E-state index is 0.918. The Balaban J connectivity index is 1.34. The molecule has 0 aliphatic rings. The Morgan fingerprint density at radius 1 is 0.342 bits per heavy atom. The predicted octanol–water partition coefficient (Wildman–Crippen LogP) is 10.4. The van der Waals surface area contributed by atoms with Gasteiger partial charge in [-0.05, 0) is 47.5 Å². The first-order valence-corrected chi connectivity index (χ1v) is 12.9. The molecule has 0 fully saturated rings. The second kappa shape index (κ2) is 9.42. The molecule has 6 aromatic carbocycles. The first kappa shape index (κ1) is 22.1. The van der Waals surface area contributed by atoms with Crippen LogP contribution in [0.2, 0.25) is 0 Å². The smallest absolute Gasteiger partial charge is 0.143 e. The van der Waals surface area contributed by atoms with Crippen molar-refractivity contribution >= 4 is 39.0 Å². The van der Waals surface area contributed by atoms with Gasteiger partial charge in [-0.25, -0.2) is 0 Å². The molecule has 0 aliphatic carbocycles. The van der Waals surface area contributed by atoms with E-state index in [-0.39, 0.29) is 0 Å². The van der Waals surface area contributed by atoms with E-state index in [1.165, 1.54) is 0 Å². The molecule has 0 saturated carbocycles. The van der Waals surface area contributed by atoms with Gasteiger partial charge in [0.05, 0.1) is 0 Å². The fraction of sp³-hybridized carbons (Fsp3) is 0. The highest BCUT2D eigenvalue weighted by molar-refractivity contribution is 6.13. The first-order chi connectivity index (χ1) is 18.9. The second-order valence-electron chi connectivity index (χ2n) is 9.39. The van der Waals surface area contributed by atoms with Crippen LogP contribution >= 0.6 is 0 Å². The van der Waals surface area contributed by atoms with Gasteiger partial charge in [-0.2, -0.15) is 0 Å². The van der Waals surface area contributed by atoms with Crippen LogP contribution in [0.5, 0.6) is 0 Å². The fourth-order valence-electron chi connectivity index (χ4n) is 5.28. The van der Waals surface area contributed by atoms with E-state index in [1.807, 2.05) is 18.2 Å². The van der Waals surface area contributed by atoms with Crippen LogP contribution in [-0.2, 0) is 0 Å². The highest BCUT2D eigenvalue weighted by Gasteiger charge is 2.16. The number of rotatable bonds is 5. The number of furan rings is 1. The van der Waals surface area contributed by atoms with Crippen molar-refractivity contribution in [3.63, 3.8) is 0 Å². The molecule has 0 atom stereocenters. The normalized spacial score (nSPS) is 11.2. The topological polar surface area (TPSA) is 16.4 Å². The van der Waals surface area contributed by atoms with Crippen molar-refractivity contribution in [2.45, 2.75) is 0 Å². The van der Waals surface area contributed by atoms with E-state index in [0.717, 1.165) is 61.3 Å². The monoisotopic (exact) mass is 487 g/mol. The number of fused-ring (bicyclic) bond motifs is 3. The van der Waals surface area contributed by atoms with Crippen molar-refractivity contribution in [2.24, 2.45) is 0 Å². The van der Waals surface area contributed by atoms with Crippen LogP contribution in [0.3, 0.4) is 0 Å². The van der Waals surface area contributed by atoms with Crippen molar-refractivity contribution in [3.8, 4) is 22.3 Å². The molecular formula is C36H25NO. The Hall–Kier alpha value is -5.08. The number of para-hydroxylation sites is 4. The van der Waals surface area contributed by atoms with Gasteiger partial charge in [-0.1, -0.05) is 115 Å². The summed E-state index contributed by atoms with van der Waals surface area (Å²) in [6, 6.07) is 53.0. The SMILES string of the molecule is c1ccc(-c2cccc3c2oc2c(-c4ccc(N(c5ccccc5)c5ccccc5)cc4)cccc23)cc1. The van der Waals surface area contributed by atoms with Gasteiger partial charge < -0.3 is 9.32 Å². The molecule has 7 aromatic rings. The first-order valence-electron chi connectivity index (χ1n) is 12.9. The lowest BCUT2D eigenvalue weighted by atomic mass is 10.00. The van der Waals surface area contributed by atoms with Crippen molar-refractivity contribution in [2.75, 3.05) is 4.90 Å². The van der Waals surface area contributed by atoms with E-state index < -0.39 is 0 Å². The summed E-state index contributed by atoms with van der Waals surface area (Å²) in [5, 5.41) is 2.27. The molecule has 1 aromatic heterocycles. The summed E-state index contributed by atoms with van der Waals surface area (Å²) in [6.07, 6.45) is 0. The maximum Gasteiger partial charge on any atom is 0.143 e. The highest BCUT2D eigenvalue weighted by atomic mass is 16.3. The molecule has 0 aliphatic heterocycles. The molecule has 0 amide bonds. The van der Waals surface area contributed by atoms with Gasteiger partial charge in [-0.15, -0.1) is 0 Å². The Morgan fingerprint density at radius 2 is 0.763 bits per heavy atom. The van der Waals surface area contributed by atoms with Gasteiger partial charge >= 0.3 is 0 Å². The zero-order chi connectivity index (χ0) is 25.3. The third kappa shape index (κ3) is 3.84. The van der Waals surface area contributed by atoms with Gasteiger partial charge in [0, 0.05) is 39.0 Å². The minimum absolute atomic E-state index is 0.918. The van der Waals surface area contributed by atoms with Crippen molar-refractivity contribution < 1.29 is 4.42 Å². The van der Waals surface area contributed by atoms with E-state index in [2.05, 4.69) is 138 Å². The molecule has 7 rings (SSSR count). The van der Waals surface area contributed by atoms with Gasteiger partial charge in [0.2, 0.25) is 0 Å². The van der Waals surface area contributed by atoms with Crippen molar-refractivity contribution in [1.82, 2.24) is 0 Å². The van der Waals surface area contributed by atoms with Crippen molar-refractivity contribution in [3.05, 3.63) is 152 Å². The Labute approximate surface area is 222 Å². The van der Waals surface area contributed by atoms with Crippen LogP contribution in [0.25, 0.3) is 44.2 Å². The van der Waals surface area contributed by atoms with Crippen LogP contribution in [0.1, 0.15) is 0 Å². The summed E-state index contributed by atoms with van der Waals surface area (Å²) in [5.41, 5.74) is 9.69. The standard InChI is InChI=1S/C36H25NO/c1-4-12-26(13-5-1)31-18-10-20-33-34-21-11-19-32(36(34)38-35(31)33)27-22-24-30(25-23-27)37(28-14-6-2-7-15-28)29-16-8-3-9-17-29/h1-25H. The number of anilines is 3. The third-order valence-electron chi connectivity index (χ3n) is 7.07. The van der Waals surface area contributed by atoms with E-state index in [1.54, 1.807) is 0 Å². The molecule has 180 valence electrons. The van der Waals surface area contributed by atoms with Crippen LogP contribution in [0.15, 0.2) is 156 Å². The number of hydrogen-bond acceptors (Lipinski definition) is 2. The fourth-order valence-corrected chi connectivity index (χ4v) is 5.28. The largest absolute Gasteiger partial charge is 0.455 e. The van der Waals surface area contributed by atoms with E-state index in [4.69, 9.17) is 4.42 Å². The molecule has 1 heterocycles. The van der Waals surface area contributed by atoms with Crippen LogP contribution < -0.4 is 4.90 Å². The zero-order valence-electron chi connectivity index (χ0n) is 20.8. The molecule has 0 saturated heterocycles. The zero-order valence-corrected chi connectivity index (χ0v) is 20.8. The maximum atomic E-state index is 6.63. The lowest BCUT2D eigenvalue weighted by Gasteiger charge is -2.25. The average Bonchev–Trinajstić information content (AvgIpc) is 3.39. The molecule has 0 radical (unpaired) electrons. The van der Waals surface area contributed by atoms with Crippen LogP contribution in [0.4, 0.5) is 17.1 Å². The van der Waals surface area contributed by atoms with Gasteiger partial charge in [-0.3, -0.25) is 0 Å². The maximum absolute atomic E-state index is 6.63. The average molecular weight is 488 g/mol. The van der Waals surface area contributed by atoms with E-state index in [0.29, 0.717) is 0 Å². The molecule has 2 nitrogen and oxygen atoms in total. The molecule has 0 bridgehead atoms. The van der Waals surface area contributed by atoms with Crippen molar-refractivity contribution in [1.29, 1.82) is 0 Å². The quantitative estimate of drug-likeness (QED) is 0.240. The molecule has 2 heteroatoms. The summed E-state index contributed by atoms with van der Waals surface area (Å²) < 4.78 is 6.63. The molecule has 0 unspecified atom stereocenters.